The van der Waals surface area contributed by atoms with Gasteiger partial charge >= 0.3 is 0 Å². The normalized spacial score (nSPS) is 11.4. The zero-order valence-electron chi connectivity index (χ0n) is 31.7. The van der Waals surface area contributed by atoms with Gasteiger partial charge in [-0.05, 0) is 115 Å². The highest BCUT2D eigenvalue weighted by molar-refractivity contribution is 6.19. The summed E-state index contributed by atoms with van der Waals surface area (Å²) in [6, 6.07) is 80.7. The molecule has 272 valence electrons. The monoisotopic (exact) mass is 739 g/mol. The van der Waals surface area contributed by atoms with Crippen molar-refractivity contribution in [3.05, 3.63) is 224 Å². The van der Waals surface area contributed by atoms with Gasteiger partial charge in [0.05, 0.1) is 0 Å². The van der Waals surface area contributed by atoms with Crippen molar-refractivity contribution in [2.75, 3.05) is 4.90 Å². The van der Waals surface area contributed by atoms with Crippen LogP contribution < -0.4 is 4.90 Å². The van der Waals surface area contributed by atoms with Crippen LogP contribution in [0.3, 0.4) is 0 Å². The minimum atomic E-state index is 0.895. The Morgan fingerprint density at radius 2 is 0.810 bits per heavy atom. The fourth-order valence-electron chi connectivity index (χ4n) is 8.63. The number of benzene rings is 10. The predicted octanol–water partition coefficient (Wildman–Crippen LogP) is 16.0. The van der Waals surface area contributed by atoms with Crippen molar-refractivity contribution in [1.82, 2.24) is 0 Å². The molecule has 2 nitrogen and oxygen atoms in total. The average Bonchev–Trinajstić information content (AvgIpc) is 3.70. The van der Waals surface area contributed by atoms with E-state index >= 15 is 0 Å². The van der Waals surface area contributed by atoms with Crippen molar-refractivity contribution in [2.45, 2.75) is 0 Å². The standard InChI is InChI=1S/C56H37NO/c1-3-13-38(14-4-1)44-35-45(39-15-5-2-6-16-39)37-48(36-44)57(46-30-25-42(26-31-46)50-22-11-19-40-17-7-9-20-49(40)50)47-32-27-43(28-33-47)51-23-12-24-54-55(51)53-34-29-41-18-8-10-21-52(41)56(53)58-54/h1-37H. The molecule has 0 unspecified atom stereocenters. The number of hydrogen-bond acceptors (Lipinski definition) is 2. The van der Waals surface area contributed by atoms with E-state index in [1.54, 1.807) is 0 Å². The lowest BCUT2D eigenvalue weighted by Crippen LogP contribution is -2.10. The van der Waals surface area contributed by atoms with E-state index in [9.17, 15) is 0 Å². The summed E-state index contributed by atoms with van der Waals surface area (Å²) in [5.74, 6) is 0. The summed E-state index contributed by atoms with van der Waals surface area (Å²) in [6.45, 7) is 0. The van der Waals surface area contributed by atoms with E-state index in [0.717, 1.165) is 66.6 Å². The minimum absolute atomic E-state index is 0.895. The van der Waals surface area contributed by atoms with Gasteiger partial charge < -0.3 is 9.32 Å². The molecule has 0 radical (unpaired) electrons. The summed E-state index contributed by atoms with van der Waals surface area (Å²) in [6.07, 6.45) is 0. The Kier molecular flexibility index (Phi) is 8.19. The second-order valence-electron chi connectivity index (χ2n) is 14.9. The number of hydrogen-bond donors (Lipinski definition) is 0. The van der Waals surface area contributed by atoms with Crippen LogP contribution >= 0.6 is 0 Å². The van der Waals surface area contributed by atoms with Gasteiger partial charge in [-0.3, -0.25) is 0 Å². The fourth-order valence-corrected chi connectivity index (χ4v) is 8.63. The van der Waals surface area contributed by atoms with Crippen molar-refractivity contribution in [3.63, 3.8) is 0 Å². The van der Waals surface area contributed by atoms with Gasteiger partial charge in [-0.1, -0.05) is 170 Å². The van der Waals surface area contributed by atoms with E-state index in [1.807, 2.05) is 0 Å². The van der Waals surface area contributed by atoms with Crippen LogP contribution in [0.2, 0.25) is 0 Å². The van der Waals surface area contributed by atoms with Crippen LogP contribution in [0.4, 0.5) is 17.1 Å². The van der Waals surface area contributed by atoms with Gasteiger partial charge in [0.2, 0.25) is 0 Å². The molecular formula is C56H37NO. The first-order chi connectivity index (χ1) is 28.7. The Labute approximate surface area is 337 Å². The van der Waals surface area contributed by atoms with Gasteiger partial charge in [-0.2, -0.15) is 0 Å². The average molecular weight is 740 g/mol. The maximum atomic E-state index is 6.56. The molecule has 11 rings (SSSR count). The van der Waals surface area contributed by atoms with Gasteiger partial charge in [-0.25, -0.2) is 0 Å². The zero-order valence-corrected chi connectivity index (χ0v) is 31.7. The maximum Gasteiger partial charge on any atom is 0.143 e. The zero-order chi connectivity index (χ0) is 38.4. The lowest BCUT2D eigenvalue weighted by atomic mass is 9.96. The van der Waals surface area contributed by atoms with E-state index < -0.39 is 0 Å². The quantitative estimate of drug-likeness (QED) is 0.162. The van der Waals surface area contributed by atoms with Gasteiger partial charge in [0.15, 0.2) is 0 Å². The second kappa shape index (κ2) is 14.1. The highest BCUT2D eigenvalue weighted by Gasteiger charge is 2.19. The lowest BCUT2D eigenvalue weighted by Gasteiger charge is -2.27. The molecule has 0 aliphatic carbocycles. The Hall–Kier alpha value is -7.68. The van der Waals surface area contributed by atoms with Crippen molar-refractivity contribution < 1.29 is 4.42 Å². The van der Waals surface area contributed by atoms with Crippen molar-refractivity contribution >= 4 is 60.5 Å². The van der Waals surface area contributed by atoms with Crippen molar-refractivity contribution in [1.29, 1.82) is 0 Å². The minimum Gasteiger partial charge on any atom is -0.455 e. The fraction of sp³-hybridized carbons (Fsp3) is 0. The van der Waals surface area contributed by atoms with Gasteiger partial charge in [0.1, 0.15) is 11.2 Å². The van der Waals surface area contributed by atoms with Crippen LogP contribution in [0.1, 0.15) is 0 Å². The molecule has 10 aromatic carbocycles. The molecule has 0 saturated heterocycles. The van der Waals surface area contributed by atoms with Gasteiger partial charge in [-0.15, -0.1) is 0 Å². The second-order valence-corrected chi connectivity index (χ2v) is 14.9. The maximum absolute atomic E-state index is 6.56. The molecule has 0 aliphatic heterocycles. The molecule has 0 atom stereocenters. The SMILES string of the molecule is c1ccc(-c2cc(-c3ccccc3)cc(N(c3ccc(-c4cccc5ccccc45)cc3)c3ccc(-c4cccc5oc6c7ccccc7ccc6c45)cc3)c2)cc1. The van der Waals surface area contributed by atoms with E-state index in [-0.39, 0.29) is 0 Å². The number of rotatable bonds is 7. The van der Waals surface area contributed by atoms with E-state index in [2.05, 4.69) is 229 Å². The Morgan fingerprint density at radius 1 is 0.293 bits per heavy atom. The van der Waals surface area contributed by atoms with E-state index in [1.165, 1.54) is 38.4 Å². The molecule has 1 heterocycles. The smallest absolute Gasteiger partial charge is 0.143 e. The number of furan rings is 1. The molecule has 0 aliphatic rings. The molecule has 0 fully saturated rings. The van der Waals surface area contributed by atoms with Crippen LogP contribution in [0.25, 0.3) is 88.0 Å². The molecular weight excluding hydrogens is 703 g/mol. The molecule has 0 saturated carbocycles. The van der Waals surface area contributed by atoms with E-state index in [4.69, 9.17) is 4.42 Å². The Bertz CT molecular complexity index is 3190. The first kappa shape index (κ1) is 33.6. The van der Waals surface area contributed by atoms with Crippen LogP contribution in [-0.2, 0) is 0 Å². The highest BCUT2D eigenvalue weighted by Crippen LogP contribution is 2.43. The largest absolute Gasteiger partial charge is 0.455 e. The summed E-state index contributed by atoms with van der Waals surface area (Å²) in [4.78, 5) is 2.38. The molecule has 0 amide bonds. The summed E-state index contributed by atoms with van der Waals surface area (Å²) in [5.41, 5.74) is 14.5. The number of nitrogens with zero attached hydrogens (tertiary/aromatic N) is 1. The number of anilines is 3. The Morgan fingerprint density at radius 3 is 1.47 bits per heavy atom. The predicted molar refractivity (Wildman–Crippen MR) is 245 cm³/mol. The first-order valence-electron chi connectivity index (χ1n) is 19.8. The van der Waals surface area contributed by atoms with Gasteiger partial charge in [0.25, 0.3) is 0 Å². The molecule has 0 N–H and O–H groups in total. The molecule has 58 heavy (non-hydrogen) atoms. The highest BCUT2D eigenvalue weighted by atomic mass is 16.3. The summed E-state index contributed by atoms with van der Waals surface area (Å²) >= 11 is 0. The van der Waals surface area contributed by atoms with Crippen molar-refractivity contribution in [2.24, 2.45) is 0 Å². The van der Waals surface area contributed by atoms with Crippen LogP contribution in [0, 0.1) is 0 Å². The summed E-state index contributed by atoms with van der Waals surface area (Å²) < 4.78 is 6.56. The van der Waals surface area contributed by atoms with Crippen LogP contribution in [0.5, 0.6) is 0 Å². The molecule has 11 aromatic rings. The molecule has 1 aromatic heterocycles. The van der Waals surface area contributed by atoms with E-state index in [0.29, 0.717) is 0 Å². The third-order valence-electron chi connectivity index (χ3n) is 11.4. The first-order valence-corrected chi connectivity index (χ1v) is 19.8. The van der Waals surface area contributed by atoms with Crippen LogP contribution in [-0.4, -0.2) is 0 Å². The molecule has 0 spiro atoms. The third kappa shape index (κ3) is 5.91. The third-order valence-corrected chi connectivity index (χ3v) is 11.4. The Balaban J connectivity index is 1.07. The summed E-state index contributed by atoms with van der Waals surface area (Å²) in [7, 11) is 0. The summed E-state index contributed by atoms with van der Waals surface area (Å²) in [5, 5.41) is 7.07. The molecule has 2 heteroatoms. The lowest BCUT2D eigenvalue weighted by molar-refractivity contribution is 0.673. The number of fused-ring (bicyclic) bond motifs is 6. The van der Waals surface area contributed by atoms with Crippen LogP contribution in [0.15, 0.2) is 229 Å². The topological polar surface area (TPSA) is 16.4 Å². The molecule has 0 bridgehead atoms. The van der Waals surface area contributed by atoms with Gasteiger partial charge in [0, 0.05) is 33.2 Å². The van der Waals surface area contributed by atoms with Crippen molar-refractivity contribution in [3.8, 4) is 44.5 Å².